The van der Waals surface area contributed by atoms with Crippen molar-refractivity contribution in [3.8, 4) is 0 Å². The molecule has 0 radical (unpaired) electrons. The minimum absolute atomic E-state index is 0.231. The molecule has 0 aliphatic rings. The van der Waals surface area contributed by atoms with Gasteiger partial charge in [-0.3, -0.25) is 0 Å². The van der Waals surface area contributed by atoms with Gasteiger partial charge in [0, 0.05) is 18.7 Å². The predicted molar refractivity (Wildman–Crippen MR) is 86.5 cm³/mol. The highest BCUT2D eigenvalue weighted by Gasteiger charge is 2.18. The van der Waals surface area contributed by atoms with Gasteiger partial charge in [0.1, 0.15) is 0 Å². The Morgan fingerprint density at radius 2 is 1.94 bits per heavy atom. The first kappa shape index (κ1) is 14.3. The third-order valence-corrected chi connectivity index (χ3v) is 6.27. The Bertz CT molecular complexity index is 543. The van der Waals surface area contributed by atoms with E-state index in [1.54, 1.807) is 0 Å². The predicted octanol–water partition coefficient (Wildman–Crippen LogP) is 5.20. The van der Waals surface area contributed by atoms with E-state index < -0.39 is 0 Å². The summed E-state index contributed by atoms with van der Waals surface area (Å²) in [6.45, 7) is 4.26. The highest BCUT2D eigenvalue weighted by Crippen LogP contribution is 2.36. The molecule has 0 bridgehead atoms. The van der Waals surface area contributed by atoms with E-state index in [4.69, 9.17) is 0 Å². The van der Waals surface area contributed by atoms with E-state index in [2.05, 4.69) is 75.3 Å². The van der Waals surface area contributed by atoms with Gasteiger partial charge >= 0.3 is 0 Å². The molecule has 1 nitrogen and oxygen atoms in total. The van der Waals surface area contributed by atoms with Crippen LogP contribution in [0.1, 0.15) is 26.9 Å². The second kappa shape index (κ2) is 5.87. The molecule has 4 heteroatoms. The van der Waals surface area contributed by atoms with Crippen LogP contribution in [0.5, 0.6) is 0 Å². The number of benzene rings is 1. The van der Waals surface area contributed by atoms with Crippen LogP contribution in [0.2, 0.25) is 0 Å². The van der Waals surface area contributed by atoms with Crippen LogP contribution in [0, 0.1) is 13.8 Å². The van der Waals surface area contributed by atoms with Crippen LogP contribution in [0.4, 0.5) is 0 Å². The average molecular weight is 389 g/mol. The molecule has 1 N–H and O–H groups in total. The zero-order valence-electron chi connectivity index (χ0n) is 10.6. The summed E-state index contributed by atoms with van der Waals surface area (Å²) in [6.07, 6.45) is 0. The van der Waals surface area contributed by atoms with Gasteiger partial charge < -0.3 is 5.32 Å². The molecule has 0 aliphatic heterocycles. The molecule has 2 aromatic rings. The molecule has 0 aliphatic carbocycles. The minimum atomic E-state index is 0.231. The lowest BCUT2D eigenvalue weighted by Crippen LogP contribution is -2.17. The van der Waals surface area contributed by atoms with E-state index in [1.807, 2.05) is 18.4 Å². The van der Waals surface area contributed by atoms with Crippen LogP contribution in [-0.2, 0) is 0 Å². The average Bonchev–Trinajstić information content (AvgIpc) is 2.66. The molecule has 1 aromatic heterocycles. The maximum Gasteiger partial charge on any atom is 0.0680 e. The smallest absolute Gasteiger partial charge is 0.0680 e. The summed E-state index contributed by atoms with van der Waals surface area (Å²) in [5, 5.41) is 3.40. The van der Waals surface area contributed by atoms with Gasteiger partial charge in [-0.2, -0.15) is 0 Å². The van der Waals surface area contributed by atoms with Crippen LogP contribution in [0.3, 0.4) is 0 Å². The monoisotopic (exact) mass is 387 g/mol. The molecule has 0 fully saturated rings. The summed E-state index contributed by atoms with van der Waals surface area (Å²) in [5.74, 6) is 0. The molecule has 0 amide bonds. The third-order valence-electron chi connectivity index (χ3n) is 2.98. The van der Waals surface area contributed by atoms with Crippen molar-refractivity contribution in [3.63, 3.8) is 0 Å². The summed E-state index contributed by atoms with van der Waals surface area (Å²) >= 11 is 9.11. The molecule has 18 heavy (non-hydrogen) atoms. The van der Waals surface area contributed by atoms with Crippen molar-refractivity contribution in [1.82, 2.24) is 5.32 Å². The lowest BCUT2D eigenvalue weighted by atomic mass is 10.0. The van der Waals surface area contributed by atoms with Crippen LogP contribution < -0.4 is 5.32 Å². The van der Waals surface area contributed by atoms with Gasteiger partial charge in [-0.05, 0) is 54.0 Å². The Morgan fingerprint density at radius 3 is 2.50 bits per heavy atom. The van der Waals surface area contributed by atoms with E-state index in [-0.39, 0.29) is 6.04 Å². The van der Waals surface area contributed by atoms with Gasteiger partial charge in [0.25, 0.3) is 0 Å². The van der Waals surface area contributed by atoms with Crippen molar-refractivity contribution < 1.29 is 0 Å². The van der Waals surface area contributed by atoms with Crippen molar-refractivity contribution in [1.29, 1.82) is 0 Å². The van der Waals surface area contributed by atoms with E-state index in [0.29, 0.717) is 0 Å². The van der Waals surface area contributed by atoms with Gasteiger partial charge in [0.15, 0.2) is 0 Å². The lowest BCUT2D eigenvalue weighted by Gasteiger charge is -2.17. The van der Waals surface area contributed by atoms with Crippen LogP contribution in [0.25, 0.3) is 0 Å². The fourth-order valence-corrected chi connectivity index (χ4v) is 4.15. The first-order chi connectivity index (χ1) is 8.54. The van der Waals surface area contributed by atoms with Gasteiger partial charge in [-0.1, -0.05) is 34.1 Å². The zero-order valence-corrected chi connectivity index (χ0v) is 14.5. The van der Waals surface area contributed by atoms with Gasteiger partial charge in [0.05, 0.1) is 6.04 Å². The highest BCUT2D eigenvalue weighted by molar-refractivity contribution is 9.10. The maximum atomic E-state index is 3.70. The van der Waals surface area contributed by atoms with Crippen LogP contribution >= 0.6 is 43.2 Å². The van der Waals surface area contributed by atoms with E-state index in [1.165, 1.54) is 29.8 Å². The maximum absolute atomic E-state index is 3.70. The fraction of sp³-hybridized carbons (Fsp3) is 0.286. The topological polar surface area (TPSA) is 12.0 Å². The number of hydrogen-bond acceptors (Lipinski definition) is 2. The standard InChI is InChI=1S/C14H15Br2NS/c1-8-5-4-6-10(13(8)16)14(17-3)12-7-11(15)9(2)18-12/h4-7,14,17H,1-3H3. The molecule has 2 rings (SSSR count). The molecule has 1 heterocycles. The van der Waals surface area contributed by atoms with E-state index >= 15 is 0 Å². The summed E-state index contributed by atoms with van der Waals surface area (Å²) in [5.41, 5.74) is 2.55. The van der Waals surface area contributed by atoms with Gasteiger partial charge in [-0.15, -0.1) is 11.3 Å². The van der Waals surface area contributed by atoms with Gasteiger partial charge in [-0.25, -0.2) is 0 Å². The Morgan fingerprint density at radius 1 is 1.22 bits per heavy atom. The van der Waals surface area contributed by atoms with Gasteiger partial charge in [0.2, 0.25) is 0 Å². The number of hydrogen-bond donors (Lipinski definition) is 1. The molecule has 0 saturated carbocycles. The van der Waals surface area contributed by atoms with Crippen molar-refractivity contribution in [2.75, 3.05) is 7.05 Å². The van der Waals surface area contributed by atoms with Crippen molar-refractivity contribution in [3.05, 3.63) is 54.1 Å². The number of nitrogens with one attached hydrogen (secondary N) is 1. The first-order valence-corrected chi connectivity index (χ1v) is 8.13. The highest BCUT2D eigenvalue weighted by atomic mass is 79.9. The number of halogens is 2. The largest absolute Gasteiger partial charge is 0.309 e. The van der Waals surface area contributed by atoms with Crippen molar-refractivity contribution in [2.45, 2.75) is 19.9 Å². The third kappa shape index (κ3) is 2.72. The fourth-order valence-electron chi connectivity index (χ4n) is 1.97. The molecular formula is C14H15Br2NS. The van der Waals surface area contributed by atoms with E-state index in [0.717, 1.165) is 0 Å². The molecular weight excluding hydrogens is 374 g/mol. The molecule has 0 spiro atoms. The summed E-state index contributed by atoms with van der Waals surface area (Å²) in [6, 6.07) is 8.83. The Balaban J connectivity index is 2.48. The number of thiophene rings is 1. The Kier molecular flexibility index (Phi) is 4.64. The second-order valence-electron chi connectivity index (χ2n) is 4.25. The van der Waals surface area contributed by atoms with Crippen LogP contribution in [0.15, 0.2) is 33.2 Å². The number of rotatable bonds is 3. The van der Waals surface area contributed by atoms with Crippen molar-refractivity contribution in [2.24, 2.45) is 0 Å². The molecule has 1 unspecified atom stereocenters. The van der Waals surface area contributed by atoms with Crippen molar-refractivity contribution >= 4 is 43.2 Å². The first-order valence-electron chi connectivity index (χ1n) is 5.72. The molecule has 1 aromatic carbocycles. The second-order valence-corrected chi connectivity index (χ2v) is 7.19. The van der Waals surface area contributed by atoms with Crippen LogP contribution in [-0.4, -0.2) is 7.05 Å². The normalized spacial score (nSPS) is 12.7. The number of aryl methyl sites for hydroxylation is 2. The molecule has 1 atom stereocenters. The SMILES string of the molecule is CNC(c1cc(Br)c(C)s1)c1cccc(C)c1Br. The minimum Gasteiger partial charge on any atom is -0.309 e. The molecule has 96 valence electrons. The Hall–Kier alpha value is -0.160. The lowest BCUT2D eigenvalue weighted by molar-refractivity contribution is 0.700. The zero-order chi connectivity index (χ0) is 13.3. The van der Waals surface area contributed by atoms with E-state index in [9.17, 15) is 0 Å². The Labute approximate surface area is 129 Å². The quantitative estimate of drug-likeness (QED) is 0.761. The summed E-state index contributed by atoms with van der Waals surface area (Å²) in [7, 11) is 2.00. The summed E-state index contributed by atoms with van der Waals surface area (Å²) < 4.78 is 2.37. The molecule has 0 saturated heterocycles. The summed E-state index contributed by atoms with van der Waals surface area (Å²) in [4.78, 5) is 2.64.